The number of nitrogens with zero attached hydrogens (tertiary/aromatic N) is 1. The van der Waals surface area contributed by atoms with Crippen molar-refractivity contribution in [2.24, 2.45) is 0 Å². The molecule has 0 aliphatic carbocycles. The number of hydrogen-bond acceptors (Lipinski definition) is 3. The molecule has 0 spiro atoms. The lowest BCUT2D eigenvalue weighted by atomic mass is 10.1. The zero-order valence-electron chi connectivity index (χ0n) is 12.3. The molecule has 0 bridgehead atoms. The predicted octanol–water partition coefficient (Wildman–Crippen LogP) is 3.45. The molecule has 1 amide bonds. The van der Waals surface area contributed by atoms with E-state index in [-0.39, 0.29) is 24.2 Å². The van der Waals surface area contributed by atoms with Gasteiger partial charge in [-0.05, 0) is 38.8 Å². The van der Waals surface area contributed by atoms with Crippen LogP contribution in [-0.4, -0.2) is 22.9 Å². The molecular formula is C15H24N2OS. The van der Waals surface area contributed by atoms with E-state index in [4.69, 9.17) is 0 Å². The molecule has 1 aliphatic heterocycles. The Balaban J connectivity index is 2.26. The van der Waals surface area contributed by atoms with Gasteiger partial charge in [-0.25, -0.2) is 0 Å². The van der Waals surface area contributed by atoms with Gasteiger partial charge in [0.05, 0.1) is 6.04 Å². The minimum absolute atomic E-state index is 0.00796. The van der Waals surface area contributed by atoms with Crippen molar-refractivity contribution in [3.63, 3.8) is 0 Å². The van der Waals surface area contributed by atoms with Crippen LogP contribution in [0.3, 0.4) is 0 Å². The largest absolute Gasteiger partial charge is 0.318 e. The second-order valence-electron chi connectivity index (χ2n) is 5.36. The van der Waals surface area contributed by atoms with Crippen LogP contribution in [0.25, 0.3) is 0 Å². The van der Waals surface area contributed by atoms with E-state index in [1.165, 1.54) is 9.75 Å². The van der Waals surface area contributed by atoms with Gasteiger partial charge in [0, 0.05) is 15.8 Å². The number of aryl methyl sites for hydroxylation is 1. The molecule has 1 N–H and O–H groups in total. The Bertz CT molecular complexity index is 443. The summed E-state index contributed by atoms with van der Waals surface area (Å²) in [7, 11) is 0. The van der Waals surface area contributed by atoms with E-state index >= 15 is 0 Å². The number of amides is 1. The lowest BCUT2D eigenvalue weighted by Crippen LogP contribution is -2.37. The highest BCUT2D eigenvalue weighted by Gasteiger charge is 2.41. The van der Waals surface area contributed by atoms with Crippen LogP contribution in [-0.2, 0) is 4.79 Å². The smallest absolute Gasteiger partial charge is 0.241 e. The molecule has 1 saturated heterocycles. The predicted molar refractivity (Wildman–Crippen MR) is 80.2 cm³/mol. The van der Waals surface area contributed by atoms with Gasteiger partial charge in [0.25, 0.3) is 0 Å². The van der Waals surface area contributed by atoms with Crippen molar-refractivity contribution in [1.82, 2.24) is 10.2 Å². The van der Waals surface area contributed by atoms with Crippen LogP contribution in [0.4, 0.5) is 0 Å². The highest BCUT2D eigenvalue weighted by Crippen LogP contribution is 2.33. The Hall–Kier alpha value is -0.870. The Morgan fingerprint density at radius 2 is 2.16 bits per heavy atom. The van der Waals surface area contributed by atoms with Gasteiger partial charge in [-0.2, -0.15) is 0 Å². The van der Waals surface area contributed by atoms with Gasteiger partial charge in [0.15, 0.2) is 0 Å². The number of hydrogen-bond donors (Lipinski definition) is 1. The van der Waals surface area contributed by atoms with Crippen molar-refractivity contribution >= 4 is 17.2 Å². The molecule has 0 saturated carbocycles. The fourth-order valence-electron chi connectivity index (χ4n) is 2.63. The molecule has 3 nitrogen and oxygen atoms in total. The van der Waals surface area contributed by atoms with Gasteiger partial charge in [0.1, 0.15) is 6.17 Å². The van der Waals surface area contributed by atoms with E-state index in [9.17, 15) is 4.79 Å². The summed E-state index contributed by atoms with van der Waals surface area (Å²) in [5.74, 6) is 0.271. The van der Waals surface area contributed by atoms with Crippen LogP contribution in [0.15, 0.2) is 12.1 Å². The standard InChI is InChI=1S/C15H24N2OS/c1-5-7-12-15(18)17(10(3)6-2)14(16-12)13-9-8-11(4)19-13/h8-10,12,14,16H,5-7H2,1-4H3. The van der Waals surface area contributed by atoms with Crippen molar-refractivity contribution in [3.8, 4) is 0 Å². The second kappa shape index (κ2) is 6.06. The van der Waals surface area contributed by atoms with Crippen molar-refractivity contribution in [3.05, 3.63) is 21.9 Å². The topological polar surface area (TPSA) is 32.3 Å². The lowest BCUT2D eigenvalue weighted by Gasteiger charge is -2.29. The summed E-state index contributed by atoms with van der Waals surface area (Å²) in [6.45, 7) is 8.52. The summed E-state index contributed by atoms with van der Waals surface area (Å²) in [4.78, 5) is 17.2. The van der Waals surface area contributed by atoms with E-state index in [1.807, 2.05) is 4.90 Å². The maximum absolute atomic E-state index is 12.6. The SMILES string of the molecule is CCCC1NC(c2ccc(C)s2)N(C(C)CC)C1=O. The fourth-order valence-corrected chi connectivity index (χ4v) is 3.57. The maximum atomic E-state index is 12.6. The fraction of sp³-hybridized carbons (Fsp3) is 0.667. The Kier molecular flexibility index (Phi) is 4.63. The van der Waals surface area contributed by atoms with Gasteiger partial charge >= 0.3 is 0 Å². The Morgan fingerprint density at radius 1 is 1.42 bits per heavy atom. The number of carbonyl (C=O) groups is 1. The summed E-state index contributed by atoms with van der Waals surface area (Å²) in [5.41, 5.74) is 0. The van der Waals surface area contributed by atoms with E-state index in [0.29, 0.717) is 0 Å². The molecule has 3 atom stereocenters. The first-order chi connectivity index (χ1) is 9.08. The first-order valence-corrected chi connectivity index (χ1v) is 8.04. The molecule has 2 heterocycles. The summed E-state index contributed by atoms with van der Waals surface area (Å²) in [5, 5.41) is 3.52. The van der Waals surface area contributed by atoms with Crippen LogP contribution >= 0.6 is 11.3 Å². The first kappa shape index (κ1) is 14.5. The van der Waals surface area contributed by atoms with E-state index in [1.54, 1.807) is 11.3 Å². The van der Waals surface area contributed by atoms with Gasteiger partial charge in [-0.1, -0.05) is 20.3 Å². The average molecular weight is 280 g/mol. The minimum Gasteiger partial charge on any atom is -0.318 e. The summed E-state index contributed by atoms with van der Waals surface area (Å²) in [6, 6.07) is 4.56. The third-order valence-electron chi connectivity index (χ3n) is 3.86. The minimum atomic E-state index is -0.00796. The van der Waals surface area contributed by atoms with Gasteiger partial charge in [-0.15, -0.1) is 11.3 Å². The molecule has 3 unspecified atom stereocenters. The molecule has 106 valence electrons. The Labute approximate surface area is 120 Å². The van der Waals surface area contributed by atoms with Crippen LogP contribution in [0.2, 0.25) is 0 Å². The molecule has 1 fully saturated rings. The van der Waals surface area contributed by atoms with Gasteiger partial charge < -0.3 is 4.90 Å². The zero-order valence-corrected chi connectivity index (χ0v) is 13.1. The maximum Gasteiger partial charge on any atom is 0.241 e. The molecule has 1 aromatic rings. The zero-order chi connectivity index (χ0) is 14.0. The van der Waals surface area contributed by atoms with Gasteiger partial charge in [-0.3, -0.25) is 10.1 Å². The monoisotopic (exact) mass is 280 g/mol. The molecule has 4 heteroatoms. The quantitative estimate of drug-likeness (QED) is 0.896. The molecule has 1 aromatic heterocycles. The van der Waals surface area contributed by atoms with Crippen molar-refractivity contribution < 1.29 is 4.79 Å². The molecular weight excluding hydrogens is 256 g/mol. The number of nitrogens with one attached hydrogen (secondary N) is 1. The normalized spacial score (nSPS) is 25.1. The van der Waals surface area contributed by atoms with Crippen LogP contribution in [0.5, 0.6) is 0 Å². The van der Waals surface area contributed by atoms with Crippen molar-refractivity contribution in [1.29, 1.82) is 0 Å². The number of rotatable bonds is 5. The van der Waals surface area contributed by atoms with Crippen LogP contribution in [0.1, 0.15) is 56.0 Å². The molecule has 0 aromatic carbocycles. The van der Waals surface area contributed by atoms with E-state index < -0.39 is 0 Å². The first-order valence-electron chi connectivity index (χ1n) is 7.23. The number of thiophene rings is 1. The lowest BCUT2D eigenvalue weighted by molar-refractivity contribution is -0.132. The summed E-state index contributed by atoms with van der Waals surface area (Å²) in [6.07, 6.45) is 3.02. The number of carbonyl (C=O) groups excluding carboxylic acids is 1. The second-order valence-corrected chi connectivity index (χ2v) is 6.68. The molecule has 19 heavy (non-hydrogen) atoms. The third kappa shape index (κ3) is 2.84. The van der Waals surface area contributed by atoms with E-state index in [0.717, 1.165) is 19.3 Å². The highest BCUT2D eigenvalue weighted by molar-refractivity contribution is 7.12. The third-order valence-corrected chi connectivity index (χ3v) is 4.92. The average Bonchev–Trinajstić information content (AvgIpc) is 2.94. The van der Waals surface area contributed by atoms with Crippen LogP contribution in [0, 0.1) is 6.92 Å². The summed E-state index contributed by atoms with van der Waals surface area (Å²) >= 11 is 1.78. The molecule has 1 aliphatic rings. The van der Waals surface area contributed by atoms with E-state index in [2.05, 4.69) is 45.1 Å². The Morgan fingerprint density at radius 3 is 2.68 bits per heavy atom. The van der Waals surface area contributed by atoms with Crippen molar-refractivity contribution in [2.45, 2.75) is 65.2 Å². The molecule has 0 radical (unpaired) electrons. The van der Waals surface area contributed by atoms with Crippen molar-refractivity contribution in [2.75, 3.05) is 0 Å². The van der Waals surface area contributed by atoms with Gasteiger partial charge in [0.2, 0.25) is 5.91 Å². The van der Waals surface area contributed by atoms with Crippen LogP contribution < -0.4 is 5.32 Å². The summed E-state index contributed by atoms with van der Waals surface area (Å²) < 4.78 is 0. The molecule has 2 rings (SSSR count). The highest BCUT2D eigenvalue weighted by atomic mass is 32.1.